The lowest BCUT2D eigenvalue weighted by atomic mass is 10.1. The van der Waals surface area contributed by atoms with Gasteiger partial charge in [0.15, 0.2) is 17.3 Å². The SMILES string of the molecule is COc1ccc(C(=O)CCC(=O)N[C@@H](C)CN)cc1F. The number of carbonyl (C=O) groups is 2. The van der Waals surface area contributed by atoms with Crippen LogP contribution in [0.3, 0.4) is 0 Å². The Morgan fingerprint density at radius 2 is 2.10 bits per heavy atom. The first-order valence-corrected chi connectivity index (χ1v) is 6.34. The number of Topliss-reactive ketones (excluding diaryl/α,β-unsaturated/α-hetero) is 1. The van der Waals surface area contributed by atoms with Crippen LogP contribution in [0.25, 0.3) is 0 Å². The molecule has 110 valence electrons. The number of hydrogen-bond acceptors (Lipinski definition) is 4. The number of benzene rings is 1. The van der Waals surface area contributed by atoms with Crippen LogP contribution < -0.4 is 15.8 Å². The highest BCUT2D eigenvalue weighted by molar-refractivity contribution is 5.98. The summed E-state index contributed by atoms with van der Waals surface area (Å²) in [4.78, 5) is 23.3. The van der Waals surface area contributed by atoms with Gasteiger partial charge in [-0.2, -0.15) is 0 Å². The van der Waals surface area contributed by atoms with Crippen LogP contribution in [0.5, 0.6) is 5.75 Å². The first kappa shape index (κ1) is 16.1. The third-order valence-corrected chi connectivity index (χ3v) is 2.81. The number of ether oxygens (including phenoxy) is 1. The third-order valence-electron chi connectivity index (χ3n) is 2.81. The summed E-state index contributed by atoms with van der Waals surface area (Å²) >= 11 is 0. The van der Waals surface area contributed by atoms with Crippen LogP contribution in [0, 0.1) is 5.82 Å². The highest BCUT2D eigenvalue weighted by Crippen LogP contribution is 2.18. The molecule has 0 fully saturated rings. The lowest BCUT2D eigenvalue weighted by Gasteiger charge is -2.10. The summed E-state index contributed by atoms with van der Waals surface area (Å²) in [5.41, 5.74) is 5.60. The van der Waals surface area contributed by atoms with Gasteiger partial charge in [0.25, 0.3) is 0 Å². The largest absolute Gasteiger partial charge is 0.494 e. The van der Waals surface area contributed by atoms with Crippen molar-refractivity contribution in [1.29, 1.82) is 0 Å². The number of ketones is 1. The molecule has 0 heterocycles. The molecule has 0 saturated heterocycles. The first-order chi connectivity index (χ1) is 9.47. The summed E-state index contributed by atoms with van der Waals surface area (Å²) < 4.78 is 18.2. The fraction of sp³-hybridized carbons (Fsp3) is 0.429. The van der Waals surface area contributed by atoms with E-state index in [1.54, 1.807) is 6.92 Å². The minimum absolute atomic E-state index is 0.0227. The predicted molar refractivity (Wildman–Crippen MR) is 73.2 cm³/mol. The normalized spacial score (nSPS) is 11.8. The molecule has 0 spiro atoms. The van der Waals surface area contributed by atoms with Gasteiger partial charge in [0, 0.05) is 31.0 Å². The minimum atomic E-state index is -0.598. The molecule has 0 unspecified atom stereocenters. The van der Waals surface area contributed by atoms with Crippen molar-refractivity contribution in [2.45, 2.75) is 25.8 Å². The molecule has 1 atom stereocenters. The van der Waals surface area contributed by atoms with E-state index in [-0.39, 0.29) is 41.9 Å². The molecule has 3 N–H and O–H groups in total. The Kier molecular flexibility index (Phi) is 6.11. The minimum Gasteiger partial charge on any atom is -0.494 e. The monoisotopic (exact) mass is 282 g/mol. The zero-order valence-electron chi connectivity index (χ0n) is 11.6. The Bertz CT molecular complexity index is 491. The van der Waals surface area contributed by atoms with Crippen LogP contribution in [-0.4, -0.2) is 31.4 Å². The number of rotatable bonds is 7. The molecule has 6 heteroatoms. The third kappa shape index (κ3) is 4.62. The molecule has 20 heavy (non-hydrogen) atoms. The Morgan fingerprint density at radius 1 is 1.40 bits per heavy atom. The highest BCUT2D eigenvalue weighted by atomic mass is 19.1. The molecule has 5 nitrogen and oxygen atoms in total. The van der Waals surface area contributed by atoms with E-state index < -0.39 is 5.82 Å². The van der Waals surface area contributed by atoms with Crippen LogP contribution in [0.2, 0.25) is 0 Å². The fourth-order valence-corrected chi connectivity index (χ4v) is 1.62. The number of hydrogen-bond donors (Lipinski definition) is 2. The van der Waals surface area contributed by atoms with Crippen LogP contribution in [0.4, 0.5) is 4.39 Å². The molecular weight excluding hydrogens is 263 g/mol. The molecule has 0 aliphatic carbocycles. The van der Waals surface area contributed by atoms with Crippen LogP contribution in [0.15, 0.2) is 18.2 Å². The van der Waals surface area contributed by atoms with E-state index in [0.717, 1.165) is 6.07 Å². The van der Waals surface area contributed by atoms with Gasteiger partial charge in [-0.3, -0.25) is 9.59 Å². The number of amides is 1. The molecule has 1 aromatic rings. The Balaban J connectivity index is 2.55. The van der Waals surface area contributed by atoms with E-state index in [1.165, 1.54) is 19.2 Å². The van der Waals surface area contributed by atoms with E-state index in [1.807, 2.05) is 0 Å². The van der Waals surface area contributed by atoms with E-state index in [4.69, 9.17) is 10.5 Å². The quantitative estimate of drug-likeness (QED) is 0.738. The average molecular weight is 282 g/mol. The van der Waals surface area contributed by atoms with Gasteiger partial charge in [-0.1, -0.05) is 0 Å². The first-order valence-electron chi connectivity index (χ1n) is 6.34. The fourth-order valence-electron chi connectivity index (χ4n) is 1.62. The Hall–Kier alpha value is -1.95. The van der Waals surface area contributed by atoms with Crippen molar-refractivity contribution < 1.29 is 18.7 Å². The molecule has 1 aromatic carbocycles. The van der Waals surface area contributed by atoms with Crippen molar-refractivity contribution in [1.82, 2.24) is 5.32 Å². The number of halogens is 1. The smallest absolute Gasteiger partial charge is 0.220 e. The van der Waals surface area contributed by atoms with E-state index in [2.05, 4.69) is 5.32 Å². The van der Waals surface area contributed by atoms with Crippen LogP contribution >= 0.6 is 0 Å². The van der Waals surface area contributed by atoms with Crippen molar-refractivity contribution in [3.63, 3.8) is 0 Å². The van der Waals surface area contributed by atoms with Gasteiger partial charge in [-0.05, 0) is 25.1 Å². The lowest BCUT2D eigenvalue weighted by molar-refractivity contribution is -0.121. The van der Waals surface area contributed by atoms with Crippen molar-refractivity contribution in [2.24, 2.45) is 5.73 Å². The second-order valence-corrected chi connectivity index (χ2v) is 4.48. The molecule has 0 aliphatic rings. The summed E-state index contributed by atoms with van der Waals surface area (Å²) in [6, 6.07) is 3.85. The summed E-state index contributed by atoms with van der Waals surface area (Å²) in [6.45, 7) is 2.11. The molecular formula is C14H19FN2O3. The zero-order valence-corrected chi connectivity index (χ0v) is 11.6. The zero-order chi connectivity index (χ0) is 15.1. The van der Waals surface area contributed by atoms with Gasteiger partial charge in [-0.25, -0.2) is 4.39 Å². The number of carbonyl (C=O) groups excluding carboxylic acids is 2. The molecule has 1 amide bonds. The van der Waals surface area contributed by atoms with E-state index >= 15 is 0 Å². The highest BCUT2D eigenvalue weighted by Gasteiger charge is 2.13. The average Bonchev–Trinajstić information content (AvgIpc) is 2.44. The van der Waals surface area contributed by atoms with Crippen molar-refractivity contribution in [2.75, 3.05) is 13.7 Å². The van der Waals surface area contributed by atoms with E-state index in [0.29, 0.717) is 6.54 Å². The van der Waals surface area contributed by atoms with Gasteiger partial charge in [0.05, 0.1) is 7.11 Å². The van der Waals surface area contributed by atoms with Gasteiger partial charge >= 0.3 is 0 Å². The summed E-state index contributed by atoms with van der Waals surface area (Å²) in [6.07, 6.45) is 0.0751. The van der Waals surface area contributed by atoms with Gasteiger partial charge in [-0.15, -0.1) is 0 Å². The molecule has 1 rings (SSSR count). The molecule has 0 aliphatic heterocycles. The topological polar surface area (TPSA) is 81.4 Å². The second kappa shape index (κ2) is 7.59. The Labute approximate surface area is 117 Å². The van der Waals surface area contributed by atoms with Crippen molar-refractivity contribution >= 4 is 11.7 Å². The number of methoxy groups -OCH3 is 1. The second-order valence-electron chi connectivity index (χ2n) is 4.48. The maximum atomic E-state index is 13.5. The molecule has 0 saturated carbocycles. The summed E-state index contributed by atoms with van der Waals surface area (Å²) in [5.74, 6) is -1.05. The van der Waals surface area contributed by atoms with Gasteiger partial charge in [0.2, 0.25) is 5.91 Å². The summed E-state index contributed by atoms with van der Waals surface area (Å²) in [7, 11) is 1.35. The standard InChI is InChI=1S/C14H19FN2O3/c1-9(8-16)17-14(19)6-4-12(18)10-3-5-13(20-2)11(15)7-10/h3,5,7,9H,4,6,8,16H2,1-2H3,(H,17,19)/t9-/m0/s1. The van der Waals surface area contributed by atoms with Crippen molar-refractivity contribution in [3.05, 3.63) is 29.6 Å². The number of nitrogens with two attached hydrogens (primary N) is 1. The van der Waals surface area contributed by atoms with Crippen LogP contribution in [0.1, 0.15) is 30.1 Å². The molecule has 0 radical (unpaired) electrons. The Morgan fingerprint density at radius 3 is 2.65 bits per heavy atom. The van der Waals surface area contributed by atoms with Crippen LogP contribution in [-0.2, 0) is 4.79 Å². The van der Waals surface area contributed by atoms with Crippen molar-refractivity contribution in [3.8, 4) is 5.75 Å². The maximum Gasteiger partial charge on any atom is 0.220 e. The summed E-state index contributed by atoms with van der Waals surface area (Å²) in [5, 5.41) is 2.66. The van der Waals surface area contributed by atoms with E-state index in [9.17, 15) is 14.0 Å². The number of nitrogens with one attached hydrogen (secondary N) is 1. The lowest BCUT2D eigenvalue weighted by Crippen LogP contribution is -2.37. The predicted octanol–water partition coefficient (Wildman–Crippen LogP) is 1.26. The molecule has 0 bridgehead atoms. The van der Waals surface area contributed by atoms with Gasteiger partial charge in [0.1, 0.15) is 0 Å². The maximum absolute atomic E-state index is 13.5. The van der Waals surface area contributed by atoms with Gasteiger partial charge < -0.3 is 15.8 Å². The molecule has 0 aromatic heterocycles.